The van der Waals surface area contributed by atoms with E-state index in [0.717, 1.165) is 0 Å². The highest BCUT2D eigenvalue weighted by Gasteiger charge is 2.32. The molecule has 0 spiro atoms. The molecule has 0 aliphatic rings. The van der Waals surface area contributed by atoms with Gasteiger partial charge in [0.05, 0.1) is 0 Å². The van der Waals surface area contributed by atoms with E-state index in [0.29, 0.717) is 28.6 Å². The van der Waals surface area contributed by atoms with Gasteiger partial charge in [0.25, 0.3) is 0 Å². The zero-order valence-electron chi connectivity index (χ0n) is 10.9. The molecule has 0 aromatic heterocycles. The molecule has 0 radical (unpaired) electrons. The van der Waals surface area contributed by atoms with Gasteiger partial charge in [-0.3, -0.25) is 4.79 Å². The van der Waals surface area contributed by atoms with Crippen molar-refractivity contribution in [3.63, 3.8) is 0 Å². The summed E-state index contributed by atoms with van der Waals surface area (Å²) in [5, 5.41) is 1.04. The standard InChI is InChI=1S/C14H18Cl2O2/c1-4-14(3,18-5-2)13(17)9-10-11(15)7-6-8-12(10)16/h6-8H,4-5,9H2,1-3H3. The molecule has 18 heavy (non-hydrogen) atoms. The van der Waals surface area contributed by atoms with E-state index in [1.807, 2.05) is 20.8 Å². The summed E-state index contributed by atoms with van der Waals surface area (Å²) in [6.45, 7) is 6.13. The van der Waals surface area contributed by atoms with Crippen LogP contribution in [0.3, 0.4) is 0 Å². The Hall–Kier alpha value is -0.570. The van der Waals surface area contributed by atoms with Gasteiger partial charge in [0.1, 0.15) is 5.60 Å². The van der Waals surface area contributed by atoms with E-state index in [9.17, 15) is 4.79 Å². The number of benzene rings is 1. The maximum absolute atomic E-state index is 12.3. The number of ketones is 1. The molecule has 0 N–H and O–H groups in total. The van der Waals surface area contributed by atoms with Crippen molar-refractivity contribution in [2.45, 2.75) is 39.2 Å². The third kappa shape index (κ3) is 3.47. The van der Waals surface area contributed by atoms with Crippen molar-refractivity contribution in [2.75, 3.05) is 6.61 Å². The summed E-state index contributed by atoms with van der Waals surface area (Å²) >= 11 is 12.1. The lowest BCUT2D eigenvalue weighted by atomic mass is 9.92. The van der Waals surface area contributed by atoms with Crippen LogP contribution in [0.15, 0.2) is 18.2 Å². The van der Waals surface area contributed by atoms with Crippen LogP contribution in [0.2, 0.25) is 10.0 Å². The van der Waals surface area contributed by atoms with Gasteiger partial charge in [-0.25, -0.2) is 0 Å². The largest absolute Gasteiger partial charge is 0.368 e. The molecule has 1 rings (SSSR count). The molecule has 0 aliphatic heterocycles. The van der Waals surface area contributed by atoms with E-state index < -0.39 is 5.60 Å². The number of carbonyl (C=O) groups is 1. The average Bonchev–Trinajstić information content (AvgIpc) is 2.34. The summed E-state index contributed by atoms with van der Waals surface area (Å²) in [6.07, 6.45) is 0.824. The minimum atomic E-state index is -0.767. The first-order chi connectivity index (χ1) is 8.44. The molecule has 1 aromatic rings. The highest BCUT2D eigenvalue weighted by atomic mass is 35.5. The van der Waals surface area contributed by atoms with E-state index in [2.05, 4.69) is 0 Å². The van der Waals surface area contributed by atoms with Crippen LogP contribution in [0.4, 0.5) is 0 Å². The zero-order valence-corrected chi connectivity index (χ0v) is 12.4. The summed E-state index contributed by atoms with van der Waals surface area (Å²) in [5.74, 6) is 0.00171. The summed E-state index contributed by atoms with van der Waals surface area (Å²) < 4.78 is 5.56. The number of hydrogen-bond donors (Lipinski definition) is 0. The Morgan fingerprint density at radius 3 is 2.28 bits per heavy atom. The lowest BCUT2D eigenvalue weighted by Crippen LogP contribution is -2.39. The van der Waals surface area contributed by atoms with Gasteiger partial charge in [0.2, 0.25) is 0 Å². The number of ether oxygens (including phenoxy) is 1. The molecule has 4 heteroatoms. The van der Waals surface area contributed by atoms with Crippen LogP contribution in [0.5, 0.6) is 0 Å². The highest BCUT2D eigenvalue weighted by Crippen LogP contribution is 2.27. The Balaban J connectivity index is 2.93. The van der Waals surface area contributed by atoms with Crippen molar-refractivity contribution in [1.82, 2.24) is 0 Å². The van der Waals surface area contributed by atoms with Crippen LogP contribution in [-0.2, 0) is 16.0 Å². The van der Waals surface area contributed by atoms with Crippen molar-refractivity contribution in [3.8, 4) is 0 Å². The van der Waals surface area contributed by atoms with Gasteiger partial charge in [0.15, 0.2) is 5.78 Å². The summed E-state index contributed by atoms with van der Waals surface area (Å²) in [7, 11) is 0. The van der Waals surface area contributed by atoms with Crippen LogP contribution >= 0.6 is 23.2 Å². The molecular formula is C14H18Cl2O2. The third-order valence-electron chi connectivity index (χ3n) is 3.13. The van der Waals surface area contributed by atoms with Gasteiger partial charge in [-0.1, -0.05) is 36.2 Å². The van der Waals surface area contributed by atoms with Crippen molar-refractivity contribution < 1.29 is 9.53 Å². The van der Waals surface area contributed by atoms with Crippen molar-refractivity contribution in [2.24, 2.45) is 0 Å². The van der Waals surface area contributed by atoms with E-state index in [1.165, 1.54) is 0 Å². The molecule has 0 saturated heterocycles. The Labute approximate surface area is 118 Å². The molecular weight excluding hydrogens is 271 g/mol. The first kappa shape index (κ1) is 15.5. The van der Waals surface area contributed by atoms with Crippen molar-refractivity contribution >= 4 is 29.0 Å². The summed E-state index contributed by atoms with van der Waals surface area (Å²) in [5.41, 5.74) is -0.0951. The fourth-order valence-electron chi connectivity index (χ4n) is 1.75. The normalized spacial score (nSPS) is 14.3. The van der Waals surface area contributed by atoms with E-state index in [1.54, 1.807) is 18.2 Å². The van der Waals surface area contributed by atoms with Crippen LogP contribution in [-0.4, -0.2) is 18.0 Å². The maximum atomic E-state index is 12.3. The van der Waals surface area contributed by atoms with Crippen LogP contribution in [0.1, 0.15) is 32.8 Å². The quantitative estimate of drug-likeness (QED) is 0.780. The van der Waals surface area contributed by atoms with Gasteiger partial charge in [0, 0.05) is 23.1 Å². The lowest BCUT2D eigenvalue weighted by molar-refractivity contribution is -0.141. The smallest absolute Gasteiger partial charge is 0.168 e. The first-order valence-corrected chi connectivity index (χ1v) is 6.80. The highest BCUT2D eigenvalue weighted by molar-refractivity contribution is 6.36. The number of rotatable bonds is 6. The minimum absolute atomic E-state index is 0.00171. The van der Waals surface area contributed by atoms with Crippen LogP contribution in [0.25, 0.3) is 0 Å². The van der Waals surface area contributed by atoms with E-state index >= 15 is 0 Å². The molecule has 1 atom stereocenters. The van der Waals surface area contributed by atoms with Gasteiger partial charge in [-0.15, -0.1) is 0 Å². The molecule has 100 valence electrons. The fourth-order valence-corrected chi connectivity index (χ4v) is 2.28. The second kappa shape index (κ2) is 6.55. The Kier molecular flexibility index (Phi) is 5.64. The molecule has 0 saturated carbocycles. The fraction of sp³-hybridized carbons (Fsp3) is 0.500. The SMILES string of the molecule is CCOC(C)(CC)C(=O)Cc1c(Cl)cccc1Cl. The number of carbonyl (C=O) groups excluding carboxylic acids is 1. The molecule has 0 heterocycles. The Morgan fingerprint density at radius 2 is 1.83 bits per heavy atom. The summed E-state index contributed by atoms with van der Waals surface area (Å²) in [4.78, 5) is 12.3. The van der Waals surface area contributed by atoms with Crippen molar-refractivity contribution in [1.29, 1.82) is 0 Å². The lowest BCUT2D eigenvalue weighted by Gasteiger charge is -2.26. The maximum Gasteiger partial charge on any atom is 0.168 e. The molecule has 1 aromatic carbocycles. The molecule has 1 unspecified atom stereocenters. The molecule has 0 aliphatic carbocycles. The number of hydrogen-bond acceptors (Lipinski definition) is 2. The Bertz CT molecular complexity index is 412. The van der Waals surface area contributed by atoms with Crippen molar-refractivity contribution in [3.05, 3.63) is 33.8 Å². The second-order valence-corrected chi connectivity index (χ2v) is 5.13. The third-order valence-corrected chi connectivity index (χ3v) is 3.83. The topological polar surface area (TPSA) is 26.3 Å². The number of Topliss-reactive ketones (excluding diaryl/α,β-unsaturated/α-hetero) is 1. The summed E-state index contributed by atoms with van der Waals surface area (Å²) in [6, 6.07) is 5.24. The molecule has 0 fully saturated rings. The average molecular weight is 289 g/mol. The van der Waals surface area contributed by atoms with Gasteiger partial charge >= 0.3 is 0 Å². The predicted molar refractivity (Wildman–Crippen MR) is 75.5 cm³/mol. The first-order valence-electron chi connectivity index (χ1n) is 6.04. The molecule has 2 nitrogen and oxygen atoms in total. The van der Waals surface area contributed by atoms with Gasteiger partial charge < -0.3 is 4.74 Å². The number of halogens is 2. The second-order valence-electron chi connectivity index (χ2n) is 4.32. The van der Waals surface area contributed by atoms with E-state index in [-0.39, 0.29) is 12.2 Å². The van der Waals surface area contributed by atoms with Gasteiger partial charge in [-0.2, -0.15) is 0 Å². The predicted octanol–water partition coefficient (Wildman–Crippen LogP) is 4.31. The van der Waals surface area contributed by atoms with Crippen LogP contribution in [0, 0.1) is 0 Å². The monoisotopic (exact) mass is 288 g/mol. The van der Waals surface area contributed by atoms with E-state index in [4.69, 9.17) is 27.9 Å². The minimum Gasteiger partial charge on any atom is -0.368 e. The molecule has 0 amide bonds. The van der Waals surface area contributed by atoms with Crippen LogP contribution < -0.4 is 0 Å². The Morgan fingerprint density at radius 1 is 1.28 bits per heavy atom. The molecule has 0 bridgehead atoms. The van der Waals surface area contributed by atoms with Gasteiger partial charge in [-0.05, 0) is 38.0 Å². The zero-order chi connectivity index (χ0) is 13.8.